The summed E-state index contributed by atoms with van der Waals surface area (Å²) >= 11 is 0. The molecule has 1 atom stereocenters. The fourth-order valence-electron chi connectivity index (χ4n) is 6.29. The molecule has 5 heteroatoms. The summed E-state index contributed by atoms with van der Waals surface area (Å²) in [5.41, 5.74) is 0.568. The van der Waals surface area contributed by atoms with Crippen molar-refractivity contribution in [1.82, 2.24) is 4.90 Å². The predicted octanol–water partition coefficient (Wildman–Crippen LogP) is 3.41. The number of nitrogens with zero attached hydrogens (tertiary/aromatic N) is 1. The number of methoxy groups -OCH3 is 2. The molecule has 4 saturated carbocycles. The molecule has 4 aliphatic carbocycles. The molecule has 5 nitrogen and oxygen atoms in total. The fourth-order valence-corrected chi connectivity index (χ4v) is 6.29. The van der Waals surface area contributed by atoms with Gasteiger partial charge in [-0.1, -0.05) is 6.07 Å². The lowest BCUT2D eigenvalue weighted by molar-refractivity contribution is -0.157. The number of ether oxygens (including phenoxy) is 2. The summed E-state index contributed by atoms with van der Waals surface area (Å²) in [7, 11) is 5.01. The van der Waals surface area contributed by atoms with Gasteiger partial charge in [0.05, 0.1) is 32.3 Å². The van der Waals surface area contributed by atoms with Crippen LogP contribution in [0.1, 0.15) is 50.2 Å². The number of carbonyl (C=O) groups is 1. The van der Waals surface area contributed by atoms with Crippen LogP contribution in [0.2, 0.25) is 0 Å². The largest absolute Gasteiger partial charge is 0.493 e. The molecule has 0 heterocycles. The summed E-state index contributed by atoms with van der Waals surface area (Å²) in [6.07, 6.45) is 6.38. The minimum atomic E-state index is -0.743. The van der Waals surface area contributed by atoms with Crippen LogP contribution in [0.3, 0.4) is 0 Å². The minimum absolute atomic E-state index is 0.166. The lowest BCUT2D eigenvalue weighted by Crippen LogP contribution is -2.54. The van der Waals surface area contributed by atoms with Crippen molar-refractivity contribution in [2.24, 2.45) is 23.2 Å². The number of amides is 1. The number of carbonyl (C=O) groups excluding carboxylic acids is 1. The average molecular weight is 373 g/mol. The van der Waals surface area contributed by atoms with E-state index in [4.69, 9.17) is 9.47 Å². The lowest BCUT2D eigenvalue weighted by atomic mass is 9.49. The number of likely N-dealkylation sites (N-methyl/N-ethyl adjacent to an activating group) is 1. The maximum atomic E-state index is 13.4. The van der Waals surface area contributed by atoms with Gasteiger partial charge in [0.15, 0.2) is 11.5 Å². The van der Waals surface area contributed by atoms with Gasteiger partial charge in [0.25, 0.3) is 0 Å². The first-order valence-electron chi connectivity index (χ1n) is 10.1. The Morgan fingerprint density at radius 1 is 1.11 bits per heavy atom. The number of aliphatic hydroxyl groups excluding tert-OH is 1. The molecule has 1 aromatic carbocycles. The number of benzene rings is 1. The highest BCUT2D eigenvalue weighted by Crippen LogP contribution is 2.60. The van der Waals surface area contributed by atoms with Crippen LogP contribution >= 0.6 is 0 Å². The van der Waals surface area contributed by atoms with Crippen LogP contribution < -0.4 is 9.47 Å². The van der Waals surface area contributed by atoms with Crippen LogP contribution in [-0.4, -0.2) is 43.7 Å². The summed E-state index contributed by atoms with van der Waals surface area (Å²) in [4.78, 5) is 15.1. The zero-order valence-electron chi connectivity index (χ0n) is 16.6. The Morgan fingerprint density at radius 2 is 1.67 bits per heavy atom. The Morgan fingerprint density at radius 3 is 2.19 bits per heavy atom. The smallest absolute Gasteiger partial charge is 0.228 e. The average Bonchev–Trinajstić information content (AvgIpc) is 2.65. The topological polar surface area (TPSA) is 59.0 Å². The highest BCUT2D eigenvalue weighted by atomic mass is 16.5. The van der Waals surface area contributed by atoms with Crippen molar-refractivity contribution in [1.29, 1.82) is 0 Å². The van der Waals surface area contributed by atoms with Gasteiger partial charge in [0.1, 0.15) is 0 Å². The molecule has 0 aliphatic heterocycles. The quantitative estimate of drug-likeness (QED) is 0.830. The second-order valence-electron chi connectivity index (χ2n) is 9.01. The van der Waals surface area contributed by atoms with Gasteiger partial charge in [0.2, 0.25) is 5.91 Å². The van der Waals surface area contributed by atoms with E-state index < -0.39 is 6.10 Å². The summed E-state index contributed by atoms with van der Waals surface area (Å²) < 4.78 is 10.6. The third-order valence-electron chi connectivity index (χ3n) is 7.08. The molecule has 27 heavy (non-hydrogen) atoms. The van der Waals surface area contributed by atoms with Gasteiger partial charge in [-0.25, -0.2) is 0 Å². The second kappa shape index (κ2) is 7.01. The second-order valence-corrected chi connectivity index (χ2v) is 9.01. The van der Waals surface area contributed by atoms with E-state index in [9.17, 15) is 9.90 Å². The van der Waals surface area contributed by atoms with E-state index in [-0.39, 0.29) is 11.3 Å². The van der Waals surface area contributed by atoms with Gasteiger partial charge in [-0.05, 0) is 74.0 Å². The molecule has 4 aliphatic rings. The van der Waals surface area contributed by atoms with Crippen molar-refractivity contribution in [2.75, 3.05) is 27.8 Å². The molecule has 0 saturated heterocycles. The highest BCUT2D eigenvalue weighted by molar-refractivity contribution is 5.83. The molecular weight excluding hydrogens is 342 g/mol. The molecule has 1 unspecified atom stereocenters. The maximum Gasteiger partial charge on any atom is 0.228 e. The molecule has 0 radical (unpaired) electrons. The molecule has 1 amide bonds. The van der Waals surface area contributed by atoms with E-state index in [1.54, 1.807) is 31.3 Å². The summed E-state index contributed by atoms with van der Waals surface area (Å²) in [6.45, 7) is 0.302. The molecule has 1 aromatic rings. The fraction of sp³-hybridized carbons (Fsp3) is 0.682. The van der Waals surface area contributed by atoms with Crippen LogP contribution in [0, 0.1) is 23.2 Å². The summed E-state index contributed by atoms with van der Waals surface area (Å²) in [5, 5.41) is 10.7. The van der Waals surface area contributed by atoms with Gasteiger partial charge >= 0.3 is 0 Å². The SMILES string of the molecule is COc1ccc(C(O)CN(C)C(=O)C23CC4CC(CC(C4)C2)C3)cc1OC. The van der Waals surface area contributed by atoms with Crippen molar-refractivity contribution >= 4 is 5.91 Å². The van der Waals surface area contributed by atoms with Crippen molar-refractivity contribution < 1.29 is 19.4 Å². The predicted molar refractivity (Wildman–Crippen MR) is 103 cm³/mol. The number of hydrogen-bond acceptors (Lipinski definition) is 4. The van der Waals surface area contributed by atoms with Crippen molar-refractivity contribution in [3.05, 3.63) is 23.8 Å². The van der Waals surface area contributed by atoms with Crippen LogP contribution in [0.15, 0.2) is 18.2 Å². The van der Waals surface area contributed by atoms with Crippen molar-refractivity contribution in [3.8, 4) is 11.5 Å². The van der Waals surface area contributed by atoms with Crippen LogP contribution in [-0.2, 0) is 4.79 Å². The van der Waals surface area contributed by atoms with Gasteiger partial charge < -0.3 is 19.5 Å². The number of aliphatic hydroxyl groups is 1. The van der Waals surface area contributed by atoms with Gasteiger partial charge in [0, 0.05) is 7.05 Å². The third kappa shape index (κ3) is 3.31. The maximum absolute atomic E-state index is 13.4. The van der Waals surface area contributed by atoms with E-state index in [1.165, 1.54) is 19.3 Å². The van der Waals surface area contributed by atoms with E-state index in [0.29, 0.717) is 18.0 Å². The molecule has 5 rings (SSSR count). The first-order valence-corrected chi connectivity index (χ1v) is 10.1. The van der Waals surface area contributed by atoms with Gasteiger partial charge in [-0.3, -0.25) is 4.79 Å². The Kier molecular flexibility index (Phi) is 4.83. The first-order chi connectivity index (χ1) is 12.9. The Labute approximate surface area is 161 Å². The Hall–Kier alpha value is -1.75. The standard InChI is InChI=1S/C22H31NO4/c1-23(13-18(24)17-4-5-19(26-2)20(9-17)27-3)21(25)22-10-14-6-15(11-22)8-16(7-14)12-22/h4-5,9,14-16,18,24H,6-8,10-13H2,1-3H3. The number of rotatable bonds is 6. The molecule has 4 fully saturated rings. The molecule has 4 bridgehead atoms. The van der Waals surface area contributed by atoms with E-state index in [0.717, 1.165) is 42.6 Å². The monoisotopic (exact) mass is 373 g/mol. The minimum Gasteiger partial charge on any atom is -0.493 e. The van der Waals surface area contributed by atoms with E-state index >= 15 is 0 Å². The summed E-state index contributed by atoms with van der Waals surface area (Å²) in [6, 6.07) is 5.40. The van der Waals surface area contributed by atoms with Crippen LogP contribution in [0.5, 0.6) is 11.5 Å². The molecule has 0 aromatic heterocycles. The Bertz CT molecular complexity index is 681. The zero-order valence-corrected chi connectivity index (χ0v) is 16.6. The van der Waals surface area contributed by atoms with Gasteiger partial charge in [-0.2, -0.15) is 0 Å². The van der Waals surface area contributed by atoms with E-state index in [2.05, 4.69) is 0 Å². The molecule has 148 valence electrons. The number of hydrogen-bond donors (Lipinski definition) is 1. The van der Waals surface area contributed by atoms with Crippen molar-refractivity contribution in [2.45, 2.75) is 44.6 Å². The highest BCUT2D eigenvalue weighted by Gasteiger charge is 2.55. The van der Waals surface area contributed by atoms with Gasteiger partial charge in [-0.15, -0.1) is 0 Å². The Balaban J connectivity index is 1.46. The zero-order chi connectivity index (χ0) is 19.2. The normalized spacial score (nSPS) is 32.2. The first kappa shape index (κ1) is 18.6. The third-order valence-corrected chi connectivity index (χ3v) is 7.08. The summed E-state index contributed by atoms with van der Waals surface area (Å²) in [5.74, 6) is 3.68. The van der Waals surface area contributed by atoms with Crippen molar-refractivity contribution in [3.63, 3.8) is 0 Å². The lowest BCUT2D eigenvalue weighted by Gasteiger charge is -2.56. The van der Waals surface area contributed by atoms with E-state index in [1.807, 2.05) is 13.1 Å². The molecule has 0 spiro atoms. The molecule has 1 N–H and O–H groups in total. The van der Waals surface area contributed by atoms with Crippen LogP contribution in [0.25, 0.3) is 0 Å². The van der Waals surface area contributed by atoms with Crippen LogP contribution in [0.4, 0.5) is 0 Å². The molecular formula is C22H31NO4.